The van der Waals surface area contributed by atoms with Crippen molar-refractivity contribution in [2.75, 3.05) is 30.4 Å². The van der Waals surface area contributed by atoms with Gasteiger partial charge in [-0.25, -0.2) is 4.39 Å². The predicted molar refractivity (Wildman–Crippen MR) is 104 cm³/mol. The summed E-state index contributed by atoms with van der Waals surface area (Å²) in [6, 6.07) is 12.7. The molecule has 1 saturated heterocycles. The van der Waals surface area contributed by atoms with Gasteiger partial charge < -0.3 is 10.2 Å². The molecule has 2 aromatic rings. The molecule has 1 aliphatic rings. The van der Waals surface area contributed by atoms with Gasteiger partial charge in [-0.2, -0.15) is 0 Å². The summed E-state index contributed by atoms with van der Waals surface area (Å²) in [6.45, 7) is 1.01. The molecular weight excluding hydrogens is 369 g/mol. The maximum Gasteiger partial charge on any atom is 0.244 e. The van der Waals surface area contributed by atoms with Crippen LogP contribution in [0.5, 0.6) is 0 Å². The average Bonchev–Trinajstić information content (AvgIpc) is 3.01. The lowest BCUT2D eigenvalue weighted by Crippen LogP contribution is -2.41. The smallest absolute Gasteiger partial charge is 0.244 e. The lowest BCUT2D eigenvalue weighted by Gasteiger charge is -2.24. The van der Waals surface area contributed by atoms with Gasteiger partial charge in [0.15, 0.2) is 0 Å². The number of hydrogen-bond donors (Lipinski definition) is 1. The van der Waals surface area contributed by atoms with Crippen LogP contribution in [0.3, 0.4) is 0 Å². The van der Waals surface area contributed by atoms with Crippen LogP contribution in [-0.2, 0) is 9.59 Å². The highest BCUT2D eigenvalue weighted by Gasteiger charge is 2.35. The molecule has 0 aliphatic carbocycles. The molecule has 142 valence electrons. The summed E-state index contributed by atoms with van der Waals surface area (Å²) in [7, 11) is 1.83. The third-order valence-electron chi connectivity index (χ3n) is 4.65. The van der Waals surface area contributed by atoms with E-state index in [1.54, 1.807) is 17.0 Å². The fourth-order valence-electron chi connectivity index (χ4n) is 3.21. The topological polar surface area (TPSA) is 52.7 Å². The number of benzene rings is 2. The zero-order valence-corrected chi connectivity index (χ0v) is 15.7. The second kappa shape index (κ2) is 8.50. The van der Waals surface area contributed by atoms with Crippen molar-refractivity contribution in [3.8, 4) is 0 Å². The molecule has 1 N–H and O–H groups in total. The molecule has 1 unspecified atom stereocenters. The molecular formula is C20H21ClFN3O2. The number of nitrogens with one attached hydrogen (secondary N) is 1. The summed E-state index contributed by atoms with van der Waals surface area (Å²) in [5.41, 5.74) is 1.13. The Kier molecular flexibility index (Phi) is 6.08. The first kappa shape index (κ1) is 19.3. The number of para-hydroxylation sites is 1. The van der Waals surface area contributed by atoms with Crippen LogP contribution in [0, 0.1) is 5.82 Å². The molecule has 1 aliphatic heterocycles. The molecule has 0 spiro atoms. The van der Waals surface area contributed by atoms with Gasteiger partial charge in [0, 0.05) is 25.2 Å². The molecule has 3 rings (SSSR count). The van der Waals surface area contributed by atoms with Gasteiger partial charge in [-0.05, 0) is 43.8 Å². The number of amides is 2. The van der Waals surface area contributed by atoms with Crippen molar-refractivity contribution in [3.63, 3.8) is 0 Å². The van der Waals surface area contributed by atoms with Crippen molar-refractivity contribution in [2.45, 2.75) is 18.9 Å². The summed E-state index contributed by atoms with van der Waals surface area (Å²) in [6.07, 6.45) is 0.884. The quantitative estimate of drug-likeness (QED) is 0.822. The van der Waals surface area contributed by atoms with Crippen LogP contribution in [-0.4, -0.2) is 42.9 Å². The Morgan fingerprint density at radius 2 is 2.07 bits per heavy atom. The summed E-state index contributed by atoms with van der Waals surface area (Å²) >= 11 is 6.20. The molecule has 1 atom stereocenters. The fraction of sp³-hybridized carbons (Fsp3) is 0.300. The zero-order valence-electron chi connectivity index (χ0n) is 15.0. The molecule has 7 heteroatoms. The van der Waals surface area contributed by atoms with Gasteiger partial charge in [-0.15, -0.1) is 0 Å². The van der Waals surface area contributed by atoms with Crippen molar-refractivity contribution in [1.82, 2.24) is 4.90 Å². The molecule has 0 bridgehead atoms. The van der Waals surface area contributed by atoms with E-state index in [0.29, 0.717) is 35.9 Å². The Balaban J connectivity index is 1.54. The van der Waals surface area contributed by atoms with Crippen molar-refractivity contribution in [1.29, 1.82) is 0 Å². The largest absolute Gasteiger partial charge is 0.326 e. The molecule has 0 saturated carbocycles. The van der Waals surface area contributed by atoms with E-state index in [0.717, 1.165) is 0 Å². The van der Waals surface area contributed by atoms with Crippen LogP contribution in [0.2, 0.25) is 5.02 Å². The van der Waals surface area contributed by atoms with Crippen LogP contribution in [0.25, 0.3) is 0 Å². The van der Waals surface area contributed by atoms with E-state index >= 15 is 0 Å². The Labute approximate surface area is 162 Å². The Bertz CT molecular complexity index is 845. The van der Waals surface area contributed by atoms with Crippen LogP contribution in [0.15, 0.2) is 48.5 Å². The summed E-state index contributed by atoms with van der Waals surface area (Å²) in [5, 5.41) is 3.21. The van der Waals surface area contributed by atoms with Crippen molar-refractivity contribution >= 4 is 34.8 Å². The second-order valence-corrected chi connectivity index (χ2v) is 6.94. The number of anilines is 2. The van der Waals surface area contributed by atoms with Gasteiger partial charge in [0.1, 0.15) is 5.82 Å². The number of likely N-dealkylation sites (N-methyl/N-ethyl adjacent to an activating group) is 1. The fourth-order valence-corrected chi connectivity index (χ4v) is 3.44. The number of hydrogen-bond acceptors (Lipinski definition) is 3. The van der Waals surface area contributed by atoms with Gasteiger partial charge >= 0.3 is 0 Å². The van der Waals surface area contributed by atoms with E-state index in [1.807, 2.05) is 30.1 Å². The number of rotatable bonds is 6. The average molecular weight is 390 g/mol. The van der Waals surface area contributed by atoms with Crippen molar-refractivity contribution in [2.24, 2.45) is 0 Å². The van der Waals surface area contributed by atoms with Crippen LogP contribution < -0.4 is 10.2 Å². The van der Waals surface area contributed by atoms with Gasteiger partial charge in [-0.1, -0.05) is 29.8 Å². The summed E-state index contributed by atoms with van der Waals surface area (Å²) < 4.78 is 13.2. The highest BCUT2D eigenvalue weighted by molar-refractivity contribution is 6.33. The van der Waals surface area contributed by atoms with Gasteiger partial charge in [-0.3, -0.25) is 14.5 Å². The van der Waals surface area contributed by atoms with Gasteiger partial charge in [0.05, 0.1) is 16.8 Å². The molecule has 0 aromatic heterocycles. The first-order chi connectivity index (χ1) is 13.0. The number of carbonyl (C=O) groups excluding carboxylic acids is 2. The van der Waals surface area contributed by atoms with Crippen LogP contribution >= 0.6 is 11.6 Å². The van der Waals surface area contributed by atoms with Crippen LogP contribution in [0.1, 0.15) is 12.8 Å². The molecule has 27 heavy (non-hydrogen) atoms. The third-order valence-corrected chi connectivity index (χ3v) is 4.97. The molecule has 1 heterocycles. The minimum absolute atomic E-state index is 0.0175. The Morgan fingerprint density at radius 3 is 2.81 bits per heavy atom. The molecule has 1 fully saturated rings. The van der Waals surface area contributed by atoms with E-state index < -0.39 is 5.82 Å². The van der Waals surface area contributed by atoms with Crippen LogP contribution in [0.4, 0.5) is 15.8 Å². The maximum absolute atomic E-state index is 13.2. The minimum Gasteiger partial charge on any atom is -0.326 e. The van der Waals surface area contributed by atoms with E-state index in [4.69, 9.17) is 11.6 Å². The van der Waals surface area contributed by atoms with E-state index in [2.05, 4.69) is 5.32 Å². The highest BCUT2D eigenvalue weighted by atomic mass is 35.5. The SMILES string of the molecule is CN(CCC(=O)Nc1cccc(F)c1)C1CCN(c2ccccc2Cl)C1=O. The van der Waals surface area contributed by atoms with Crippen molar-refractivity contribution < 1.29 is 14.0 Å². The van der Waals surface area contributed by atoms with Crippen molar-refractivity contribution in [3.05, 3.63) is 59.4 Å². The first-order valence-electron chi connectivity index (χ1n) is 8.77. The second-order valence-electron chi connectivity index (χ2n) is 6.53. The molecule has 0 radical (unpaired) electrons. The lowest BCUT2D eigenvalue weighted by molar-refractivity contribution is -0.122. The number of halogens is 2. The molecule has 5 nitrogen and oxygen atoms in total. The highest BCUT2D eigenvalue weighted by Crippen LogP contribution is 2.30. The Hall–Kier alpha value is -2.44. The maximum atomic E-state index is 13.2. The lowest BCUT2D eigenvalue weighted by atomic mass is 10.2. The molecule has 2 amide bonds. The van der Waals surface area contributed by atoms with Gasteiger partial charge in [0.2, 0.25) is 11.8 Å². The third kappa shape index (κ3) is 4.64. The standard InChI is InChI=1S/C20H21ClFN3O2/c1-24(11-10-19(26)23-15-6-4-5-14(22)13-15)18-9-12-25(20(18)27)17-8-3-2-7-16(17)21/h2-8,13,18H,9-12H2,1H3,(H,23,26). The zero-order chi connectivity index (χ0) is 19.4. The summed E-state index contributed by atoms with van der Waals surface area (Å²) in [4.78, 5) is 28.4. The molecule has 2 aromatic carbocycles. The summed E-state index contributed by atoms with van der Waals surface area (Å²) in [5.74, 6) is -0.641. The van der Waals surface area contributed by atoms with Gasteiger partial charge in [0.25, 0.3) is 0 Å². The predicted octanol–water partition coefficient (Wildman–Crippen LogP) is 3.55. The van der Waals surface area contributed by atoms with E-state index in [9.17, 15) is 14.0 Å². The monoisotopic (exact) mass is 389 g/mol. The first-order valence-corrected chi connectivity index (χ1v) is 9.15. The Morgan fingerprint density at radius 1 is 1.30 bits per heavy atom. The minimum atomic E-state index is -0.402. The number of nitrogens with zero attached hydrogens (tertiary/aromatic N) is 2. The normalized spacial score (nSPS) is 16.8. The number of carbonyl (C=O) groups is 2. The van der Waals surface area contributed by atoms with E-state index in [1.165, 1.54) is 18.2 Å². The van der Waals surface area contributed by atoms with E-state index in [-0.39, 0.29) is 24.3 Å².